The second kappa shape index (κ2) is 5.53. The van der Waals surface area contributed by atoms with E-state index in [0.717, 1.165) is 11.7 Å². The van der Waals surface area contributed by atoms with Crippen LogP contribution in [0.1, 0.15) is 29.6 Å². The number of nitrogens with one attached hydrogen (secondary N) is 2. The van der Waals surface area contributed by atoms with Crippen LogP contribution in [0.4, 0.5) is 0 Å². The van der Waals surface area contributed by atoms with Crippen molar-refractivity contribution < 1.29 is 14.4 Å². The number of H-pyrrole nitrogens is 1. The third kappa shape index (κ3) is 3.01. The van der Waals surface area contributed by atoms with Gasteiger partial charge in [0.15, 0.2) is 11.1 Å². The van der Waals surface area contributed by atoms with Gasteiger partial charge in [-0.3, -0.25) is 0 Å². The zero-order chi connectivity index (χ0) is 13.1. The lowest BCUT2D eigenvalue weighted by Gasteiger charge is -2.32. The number of likely N-dealkylation sites (tertiary alicyclic amines) is 1. The van der Waals surface area contributed by atoms with Gasteiger partial charge < -0.3 is 4.90 Å². The van der Waals surface area contributed by atoms with E-state index in [1.165, 1.54) is 38.0 Å². The Hall–Kier alpha value is -1.68. The highest BCUT2D eigenvalue weighted by Gasteiger charge is 2.38. The van der Waals surface area contributed by atoms with E-state index in [1.807, 2.05) is 6.92 Å². The molecule has 0 bridgehead atoms. The summed E-state index contributed by atoms with van der Waals surface area (Å²) in [4.78, 5) is 4.86. The summed E-state index contributed by atoms with van der Waals surface area (Å²) in [5.41, 5.74) is 1.44. The van der Waals surface area contributed by atoms with E-state index in [2.05, 4.69) is 40.5 Å². The molecule has 0 amide bonds. The van der Waals surface area contributed by atoms with Crippen LogP contribution < -0.4 is 9.88 Å². The van der Waals surface area contributed by atoms with Gasteiger partial charge in [0, 0.05) is 13.3 Å². The maximum absolute atomic E-state index is 5.27. The molecule has 1 aliphatic heterocycles. The van der Waals surface area contributed by atoms with Gasteiger partial charge in [0.2, 0.25) is 0 Å². The molecule has 1 aromatic heterocycles. The number of benzene rings is 1. The molecular formula is C15H21N3O+2. The van der Waals surface area contributed by atoms with Gasteiger partial charge in [-0.1, -0.05) is 30.3 Å². The predicted molar refractivity (Wildman–Crippen MR) is 70.9 cm³/mol. The first-order chi connectivity index (χ1) is 9.31. The van der Waals surface area contributed by atoms with E-state index >= 15 is 0 Å². The Labute approximate surface area is 113 Å². The zero-order valence-electron chi connectivity index (χ0n) is 11.4. The molecule has 4 heteroatoms. The van der Waals surface area contributed by atoms with Crippen molar-refractivity contribution >= 4 is 0 Å². The van der Waals surface area contributed by atoms with E-state index in [4.69, 9.17) is 4.52 Å². The molecule has 2 heterocycles. The molecular weight excluding hydrogens is 238 g/mol. The molecule has 0 spiro atoms. The fraction of sp³-hybridized carbons (Fsp3) is 0.467. The quantitative estimate of drug-likeness (QED) is 0.845. The third-order valence-corrected chi connectivity index (χ3v) is 3.86. The standard InChI is InChI=1S/C15H19N3O/c1-12-16-15(19-17-12)14-10-18(11-14)9-5-8-13-6-3-2-4-7-13/h2-4,6-7,14H,5,8-11H2,1H3/p+2. The van der Waals surface area contributed by atoms with Crippen LogP contribution >= 0.6 is 0 Å². The summed E-state index contributed by atoms with van der Waals surface area (Å²) in [7, 11) is 0. The van der Waals surface area contributed by atoms with Crippen LogP contribution in [0, 0.1) is 6.92 Å². The van der Waals surface area contributed by atoms with Crippen molar-refractivity contribution in [3.8, 4) is 0 Å². The maximum atomic E-state index is 5.27. The summed E-state index contributed by atoms with van der Waals surface area (Å²) >= 11 is 0. The number of quaternary nitrogens is 1. The number of aromatic nitrogens is 2. The van der Waals surface area contributed by atoms with Crippen molar-refractivity contribution in [3.05, 3.63) is 47.6 Å². The normalized spacial score (nSPS) is 22.2. The van der Waals surface area contributed by atoms with Gasteiger partial charge in [-0.2, -0.15) is 0 Å². The summed E-state index contributed by atoms with van der Waals surface area (Å²) in [6.45, 7) is 5.51. The summed E-state index contributed by atoms with van der Waals surface area (Å²) < 4.78 is 5.27. The Morgan fingerprint density at radius 2 is 2.11 bits per heavy atom. The van der Waals surface area contributed by atoms with Gasteiger partial charge >= 0.3 is 11.7 Å². The highest BCUT2D eigenvalue weighted by atomic mass is 16.5. The molecule has 1 aliphatic rings. The molecule has 0 aliphatic carbocycles. The number of rotatable bonds is 5. The molecule has 0 unspecified atom stereocenters. The fourth-order valence-electron chi connectivity index (χ4n) is 2.73. The SMILES string of the molecule is Cc1noc(C2C[NH+](CCCc3ccccc3)C2)[nH+]1. The molecule has 4 nitrogen and oxygen atoms in total. The van der Waals surface area contributed by atoms with Gasteiger partial charge in [0.05, 0.1) is 19.6 Å². The molecule has 1 aromatic carbocycles. The van der Waals surface area contributed by atoms with Crippen LogP contribution in [0.3, 0.4) is 0 Å². The van der Waals surface area contributed by atoms with E-state index in [1.54, 1.807) is 4.90 Å². The van der Waals surface area contributed by atoms with Crippen molar-refractivity contribution in [2.45, 2.75) is 25.7 Å². The molecule has 0 saturated carbocycles. The highest BCUT2D eigenvalue weighted by Crippen LogP contribution is 2.11. The monoisotopic (exact) mass is 259 g/mol. The van der Waals surface area contributed by atoms with Gasteiger partial charge in [-0.25, -0.2) is 9.51 Å². The number of hydrogen-bond acceptors (Lipinski definition) is 2. The number of aryl methyl sites for hydroxylation is 2. The van der Waals surface area contributed by atoms with Gasteiger partial charge in [-0.15, -0.1) is 0 Å². The van der Waals surface area contributed by atoms with Crippen LogP contribution in [-0.4, -0.2) is 24.8 Å². The lowest BCUT2D eigenvalue weighted by atomic mass is 9.99. The van der Waals surface area contributed by atoms with Crippen molar-refractivity contribution in [1.82, 2.24) is 5.16 Å². The largest absolute Gasteiger partial charge is 0.343 e. The second-order valence-electron chi connectivity index (χ2n) is 5.45. The Bertz CT molecular complexity index is 517. The summed E-state index contributed by atoms with van der Waals surface area (Å²) in [5.74, 6) is 2.35. The first-order valence-corrected chi connectivity index (χ1v) is 7.04. The molecule has 2 N–H and O–H groups in total. The molecule has 3 rings (SSSR count). The van der Waals surface area contributed by atoms with Crippen molar-refractivity contribution in [2.75, 3.05) is 19.6 Å². The average Bonchev–Trinajstić information content (AvgIpc) is 2.79. The summed E-state index contributed by atoms with van der Waals surface area (Å²) in [6, 6.07) is 10.7. The first-order valence-electron chi connectivity index (χ1n) is 7.04. The van der Waals surface area contributed by atoms with Crippen molar-refractivity contribution in [3.63, 3.8) is 0 Å². The highest BCUT2D eigenvalue weighted by molar-refractivity contribution is 5.14. The molecule has 2 aromatic rings. The molecule has 19 heavy (non-hydrogen) atoms. The van der Waals surface area contributed by atoms with E-state index in [-0.39, 0.29) is 0 Å². The molecule has 0 radical (unpaired) electrons. The number of hydrogen-bond donors (Lipinski definition) is 1. The van der Waals surface area contributed by atoms with Crippen LogP contribution in [0.15, 0.2) is 34.9 Å². The van der Waals surface area contributed by atoms with Crippen LogP contribution in [0.25, 0.3) is 0 Å². The minimum Gasteiger partial charge on any atom is -0.333 e. The smallest absolute Gasteiger partial charge is 0.333 e. The van der Waals surface area contributed by atoms with E-state index in [9.17, 15) is 0 Å². The first kappa shape index (κ1) is 12.4. The summed E-state index contributed by atoms with van der Waals surface area (Å²) in [6.07, 6.45) is 2.44. The minimum atomic E-state index is 0.535. The Balaban J connectivity index is 1.38. The Kier molecular flexibility index (Phi) is 3.60. The molecule has 1 saturated heterocycles. The third-order valence-electron chi connectivity index (χ3n) is 3.86. The van der Waals surface area contributed by atoms with E-state index < -0.39 is 0 Å². The fourth-order valence-corrected chi connectivity index (χ4v) is 2.73. The summed E-state index contributed by atoms with van der Waals surface area (Å²) in [5, 5.41) is 3.91. The Morgan fingerprint density at radius 3 is 2.79 bits per heavy atom. The predicted octanol–water partition coefficient (Wildman–Crippen LogP) is 0.412. The van der Waals surface area contributed by atoms with Gasteiger partial charge in [0.1, 0.15) is 0 Å². The average molecular weight is 259 g/mol. The molecule has 100 valence electrons. The minimum absolute atomic E-state index is 0.535. The lowest BCUT2D eigenvalue weighted by molar-refractivity contribution is -0.945. The number of aromatic amines is 1. The molecule has 1 fully saturated rings. The van der Waals surface area contributed by atoms with Gasteiger partial charge in [-0.05, 0) is 12.0 Å². The molecule has 0 atom stereocenters. The van der Waals surface area contributed by atoms with Crippen LogP contribution in [-0.2, 0) is 6.42 Å². The lowest BCUT2D eigenvalue weighted by Crippen LogP contribution is -3.19. The van der Waals surface area contributed by atoms with Gasteiger partial charge in [0.25, 0.3) is 0 Å². The maximum Gasteiger partial charge on any atom is 0.343 e. The van der Waals surface area contributed by atoms with Crippen molar-refractivity contribution in [2.24, 2.45) is 0 Å². The zero-order valence-corrected chi connectivity index (χ0v) is 11.4. The van der Waals surface area contributed by atoms with Crippen LogP contribution in [0.5, 0.6) is 0 Å². The van der Waals surface area contributed by atoms with Crippen molar-refractivity contribution in [1.29, 1.82) is 0 Å². The number of nitrogens with zero attached hydrogens (tertiary/aromatic N) is 1. The second-order valence-corrected chi connectivity index (χ2v) is 5.45. The Morgan fingerprint density at radius 1 is 1.32 bits per heavy atom. The van der Waals surface area contributed by atoms with E-state index in [0.29, 0.717) is 5.92 Å². The van der Waals surface area contributed by atoms with Crippen LogP contribution in [0.2, 0.25) is 0 Å². The topological polar surface area (TPSA) is 44.6 Å².